The molecular weight excluding hydrogens is 320 g/mol. The first-order valence-corrected chi connectivity index (χ1v) is 8.03. The Hall–Kier alpha value is -0.620. The molecule has 1 aromatic carbocycles. The van der Waals surface area contributed by atoms with Crippen molar-refractivity contribution >= 4 is 15.9 Å². The zero-order chi connectivity index (χ0) is 13.9. The van der Waals surface area contributed by atoms with E-state index in [-0.39, 0.29) is 0 Å². The van der Waals surface area contributed by atoms with Gasteiger partial charge in [-0.2, -0.15) is 0 Å². The van der Waals surface area contributed by atoms with E-state index in [1.54, 1.807) is 6.07 Å². The summed E-state index contributed by atoms with van der Waals surface area (Å²) in [7, 11) is 0. The molecule has 1 atom stereocenters. The molecule has 1 unspecified atom stereocenters. The zero-order valence-electron chi connectivity index (χ0n) is 11.6. The number of likely N-dealkylation sites (tertiary alicyclic amines) is 1. The first-order chi connectivity index (χ1) is 9.72. The number of phenols is 1. The molecule has 5 heteroatoms. The quantitative estimate of drug-likeness (QED) is 0.913. The molecule has 4 nitrogen and oxygen atoms in total. The molecule has 2 heterocycles. The van der Waals surface area contributed by atoms with Gasteiger partial charge in [-0.05, 0) is 40.0 Å². The van der Waals surface area contributed by atoms with Crippen LogP contribution >= 0.6 is 15.9 Å². The highest BCUT2D eigenvalue weighted by molar-refractivity contribution is 9.10. The molecule has 2 aliphatic heterocycles. The number of halogens is 1. The van der Waals surface area contributed by atoms with Crippen molar-refractivity contribution in [2.24, 2.45) is 0 Å². The molecular formula is C15H21BrN2O2. The normalized spacial score (nSPS) is 25.1. The van der Waals surface area contributed by atoms with Crippen molar-refractivity contribution in [2.45, 2.75) is 19.0 Å². The van der Waals surface area contributed by atoms with Crippen LogP contribution in [-0.2, 0) is 11.3 Å². The highest BCUT2D eigenvalue weighted by Crippen LogP contribution is 2.26. The second kappa shape index (κ2) is 6.43. The summed E-state index contributed by atoms with van der Waals surface area (Å²) in [6.07, 6.45) is 1.25. The Labute approximate surface area is 128 Å². The maximum atomic E-state index is 9.54. The fourth-order valence-electron chi connectivity index (χ4n) is 3.10. The van der Waals surface area contributed by atoms with Crippen LogP contribution in [0.1, 0.15) is 12.0 Å². The standard InChI is InChI=1S/C15H21BrN2O2/c16-14-9-12(1-2-15(14)19)10-17-4-3-13(11-17)18-5-7-20-8-6-18/h1-2,9,13,19H,3-8,10-11H2. The lowest BCUT2D eigenvalue weighted by atomic mass is 10.2. The molecule has 1 N–H and O–H groups in total. The summed E-state index contributed by atoms with van der Waals surface area (Å²) in [6.45, 7) is 7.15. The Balaban J connectivity index is 1.55. The first-order valence-electron chi connectivity index (χ1n) is 7.24. The molecule has 0 amide bonds. The van der Waals surface area contributed by atoms with Crippen molar-refractivity contribution in [3.05, 3.63) is 28.2 Å². The van der Waals surface area contributed by atoms with Crippen molar-refractivity contribution in [1.82, 2.24) is 9.80 Å². The lowest BCUT2D eigenvalue weighted by Crippen LogP contribution is -2.44. The molecule has 0 aromatic heterocycles. The summed E-state index contributed by atoms with van der Waals surface area (Å²) in [6, 6.07) is 6.45. The molecule has 2 fully saturated rings. The Bertz CT molecular complexity index is 463. The molecule has 2 aliphatic rings. The molecule has 2 saturated heterocycles. The van der Waals surface area contributed by atoms with E-state index < -0.39 is 0 Å². The van der Waals surface area contributed by atoms with Gasteiger partial charge in [0.05, 0.1) is 17.7 Å². The van der Waals surface area contributed by atoms with Gasteiger partial charge in [0.1, 0.15) is 5.75 Å². The largest absolute Gasteiger partial charge is 0.507 e. The SMILES string of the molecule is Oc1ccc(CN2CCC(N3CCOCC3)C2)cc1Br. The minimum atomic E-state index is 0.307. The predicted molar refractivity (Wildman–Crippen MR) is 81.9 cm³/mol. The number of hydrogen-bond donors (Lipinski definition) is 1. The van der Waals surface area contributed by atoms with Gasteiger partial charge in [0.2, 0.25) is 0 Å². The topological polar surface area (TPSA) is 35.9 Å². The number of benzene rings is 1. The Morgan fingerprint density at radius 1 is 1.25 bits per heavy atom. The van der Waals surface area contributed by atoms with E-state index >= 15 is 0 Å². The van der Waals surface area contributed by atoms with Crippen molar-refractivity contribution in [3.8, 4) is 5.75 Å². The van der Waals surface area contributed by atoms with Crippen molar-refractivity contribution in [1.29, 1.82) is 0 Å². The van der Waals surface area contributed by atoms with E-state index in [4.69, 9.17) is 4.74 Å². The van der Waals surface area contributed by atoms with Crippen LogP contribution in [0.2, 0.25) is 0 Å². The van der Waals surface area contributed by atoms with E-state index in [0.717, 1.165) is 50.4 Å². The number of aromatic hydroxyl groups is 1. The van der Waals surface area contributed by atoms with E-state index in [9.17, 15) is 5.11 Å². The van der Waals surface area contributed by atoms with Crippen LogP contribution in [0.25, 0.3) is 0 Å². The van der Waals surface area contributed by atoms with Crippen LogP contribution in [0.3, 0.4) is 0 Å². The molecule has 0 spiro atoms. The number of morpholine rings is 1. The maximum absolute atomic E-state index is 9.54. The number of hydrogen-bond acceptors (Lipinski definition) is 4. The Morgan fingerprint density at radius 2 is 2.05 bits per heavy atom. The van der Waals surface area contributed by atoms with Crippen LogP contribution in [0.15, 0.2) is 22.7 Å². The number of nitrogens with zero attached hydrogens (tertiary/aromatic N) is 2. The van der Waals surface area contributed by atoms with Gasteiger partial charge in [0.25, 0.3) is 0 Å². The summed E-state index contributed by atoms with van der Waals surface area (Å²) in [4.78, 5) is 5.06. The smallest absolute Gasteiger partial charge is 0.129 e. The molecule has 20 heavy (non-hydrogen) atoms. The lowest BCUT2D eigenvalue weighted by Gasteiger charge is -2.32. The van der Waals surface area contributed by atoms with E-state index in [1.807, 2.05) is 12.1 Å². The van der Waals surface area contributed by atoms with E-state index in [2.05, 4.69) is 25.7 Å². The number of rotatable bonds is 3. The molecule has 0 aliphatic carbocycles. The van der Waals surface area contributed by atoms with Gasteiger partial charge in [-0.15, -0.1) is 0 Å². The maximum Gasteiger partial charge on any atom is 0.129 e. The minimum Gasteiger partial charge on any atom is -0.507 e. The van der Waals surface area contributed by atoms with E-state index in [1.165, 1.54) is 12.0 Å². The highest BCUT2D eigenvalue weighted by Gasteiger charge is 2.28. The van der Waals surface area contributed by atoms with Gasteiger partial charge in [-0.25, -0.2) is 0 Å². The fraction of sp³-hybridized carbons (Fsp3) is 0.600. The average Bonchev–Trinajstić information content (AvgIpc) is 2.92. The van der Waals surface area contributed by atoms with Gasteiger partial charge < -0.3 is 9.84 Å². The third kappa shape index (κ3) is 3.34. The summed E-state index contributed by atoms with van der Waals surface area (Å²) < 4.78 is 6.20. The number of ether oxygens (including phenoxy) is 1. The van der Waals surface area contributed by atoms with Crippen LogP contribution < -0.4 is 0 Å². The van der Waals surface area contributed by atoms with Gasteiger partial charge in [0, 0.05) is 38.8 Å². The predicted octanol–water partition coefficient (Wildman–Crippen LogP) is 2.06. The van der Waals surface area contributed by atoms with E-state index in [0.29, 0.717) is 11.8 Å². The highest BCUT2D eigenvalue weighted by atomic mass is 79.9. The van der Waals surface area contributed by atoms with Gasteiger partial charge in [-0.1, -0.05) is 6.07 Å². The van der Waals surface area contributed by atoms with Gasteiger partial charge in [-0.3, -0.25) is 9.80 Å². The first kappa shape index (κ1) is 14.3. The Morgan fingerprint density at radius 3 is 2.80 bits per heavy atom. The van der Waals surface area contributed by atoms with Crippen LogP contribution in [0.5, 0.6) is 5.75 Å². The monoisotopic (exact) mass is 340 g/mol. The van der Waals surface area contributed by atoms with Crippen LogP contribution in [-0.4, -0.2) is 60.3 Å². The molecule has 0 bridgehead atoms. The zero-order valence-corrected chi connectivity index (χ0v) is 13.2. The molecule has 0 radical (unpaired) electrons. The fourth-order valence-corrected chi connectivity index (χ4v) is 3.53. The third-order valence-electron chi connectivity index (χ3n) is 4.23. The lowest BCUT2D eigenvalue weighted by molar-refractivity contribution is 0.0184. The van der Waals surface area contributed by atoms with Crippen molar-refractivity contribution in [2.75, 3.05) is 39.4 Å². The summed E-state index contributed by atoms with van der Waals surface area (Å²) in [5.41, 5.74) is 1.25. The van der Waals surface area contributed by atoms with Crippen LogP contribution in [0.4, 0.5) is 0 Å². The summed E-state index contributed by atoms with van der Waals surface area (Å²) in [5, 5.41) is 9.54. The molecule has 3 rings (SSSR count). The third-order valence-corrected chi connectivity index (χ3v) is 4.86. The molecule has 1 aromatic rings. The summed E-state index contributed by atoms with van der Waals surface area (Å²) in [5.74, 6) is 0.307. The summed E-state index contributed by atoms with van der Waals surface area (Å²) >= 11 is 3.38. The molecule has 0 saturated carbocycles. The van der Waals surface area contributed by atoms with Gasteiger partial charge >= 0.3 is 0 Å². The van der Waals surface area contributed by atoms with Crippen molar-refractivity contribution in [3.63, 3.8) is 0 Å². The second-order valence-electron chi connectivity index (χ2n) is 5.61. The van der Waals surface area contributed by atoms with Crippen LogP contribution in [0, 0.1) is 0 Å². The molecule has 110 valence electrons. The second-order valence-corrected chi connectivity index (χ2v) is 6.47. The Kier molecular flexibility index (Phi) is 4.61. The van der Waals surface area contributed by atoms with Gasteiger partial charge in [0.15, 0.2) is 0 Å². The minimum absolute atomic E-state index is 0.307. The number of phenolic OH excluding ortho intramolecular Hbond substituents is 1. The van der Waals surface area contributed by atoms with Crippen molar-refractivity contribution < 1.29 is 9.84 Å². The average molecular weight is 341 g/mol.